The van der Waals surface area contributed by atoms with Crippen LogP contribution in [0.15, 0.2) is 48.2 Å². The molecule has 2 aromatic rings. The first-order valence-corrected chi connectivity index (χ1v) is 10.1. The van der Waals surface area contributed by atoms with Crippen molar-refractivity contribution in [2.45, 2.75) is 26.4 Å². The average molecular weight is 441 g/mol. The van der Waals surface area contributed by atoms with Crippen LogP contribution >= 0.6 is 0 Å². The molecule has 32 heavy (non-hydrogen) atoms. The first-order valence-electron chi connectivity index (χ1n) is 10.1. The number of nitrogens with one attached hydrogen (secondary N) is 2. The highest BCUT2D eigenvalue weighted by Gasteiger charge is 2.35. The number of para-hydroxylation sites is 1. The van der Waals surface area contributed by atoms with E-state index in [0.717, 1.165) is 11.3 Å². The molecule has 8 nitrogen and oxygen atoms in total. The van der Waals surface area contributed by atoms with E-state index < -0.39 is 30.2 Å². The third kappa shape index (κ3) is 5.23. The molecule has 1 aliphatic rings. The van der Waals surface area contributed by atoms with E-state index in [1.54, 1.807) is 24.3 Å². The summed E-state index contributed by atoms with van der Waals surface area (Å²) >= 11 is 0. The second kappa shape index (κ2) is 9.95. The lowest BCUT2D eigenvalue weighted by Crippen LogP contribution is -2.38. The molecular weight excluding hydrogens is 417 g/mol. The minimum absolute atomic E-state index is 0.00587. The van der Waals surface area contributed by atoms with E-state index in [4.69, 9.17) is 9.47 Å². The van der Waals surface area contributed by atoms with Crippen molar-refractivity contribution in [3.05, 3.63) is 59.5 Å². The Bertz CT molecular complexity index is 1070. The quantitative estimate of drug-likeness (QED) is 0.483. The standard InChI is InChI=1S/C23H24FN3O5/c1-4-14(2)32-19-10-9-15(12-20(19)31-3)11-18-22(29)27(23(30)26-18)13-21(28)25-17-8-6-5-7-16(17)24/h5-12,14H,4,13H2,1-3H3,(H,25,28)(H,26,30)/b18-11+/t14-/m0/s1. The van der Waals surface area contributed by atoms with Gasteiger partial charge in [0.2, 0.25) is 5.91 Å². The zero-order valence-electron chi connectivity index (χ0n) is 18.0. The molecule has 0 radical (unpaired) electrons. The van der Waals surface area contributed by atoms with Crippen LogP contribution in [0.3, 0.4) is 0 Å². The van der Waals surface area contributed by atoms with Gasteiger partial charge in [-0.15, -0.1) is 0 Å². The maximum absolute atomic E-state index is 13.7. The fourth-order valence-corrected chi connectivity index (χ4v) is 2.95. The van der Waals surface area contributed by atoms with Crippen LogP contribution in [0.5, 0.6) is 11.5 Å². The number of imide groups is 1. The maximum atomic E-state index is 13.7. The molecule has 1 saturated heterocycles. The summed E-state index contributed by atoms with van der Waals surface area (Å²) in [6.45, 7) is 3.40. The van der Waals surface area contributed by atoms with Gasteiger partial charge in [0.1, 0.15) is 18.1 Å². The summed E-state index contributed by atoms with van der Waals surface area (Å²) in [5.41, 5.74) is 0.568. The van der Waals surface area contributed by atoms with E-state index in [1.165, 1.54) is 31.4 Å². The highest BCUT2D eigenvalue weighted by atomic mass is 19.1. The SMILES string of the molecule is CC[C@H](C)Oc1ccc(/C=C2/NC(=O)N(CC(=O)Nc3ccccc3F)C2=O)cc1OC. The predicted octanol–water partition coefficient (Wildman–Crippen LogP) is 3.54. The van der Waals surface area contributed by atoms with Gasteiger partial charge in [-0.1, -0.05) is 25.1 Å². The second-order valence-corrected chi connectivity index (χ2v) is 7.15. The normalized spacial score (nSPS) is 15.5. The smallest absolute Gasteiger partial charge is 0.329 e. The molecule has 1 aliphatic heterocycles. The van der Waals surface area contributed by atoms with E-state index in [2.05, 4.69) is 10.6 Å². The molecule has 0 unspecified atom stereocenters. The predicted molar refractivity (Wildman–Crippen MR) is 117 cm³/mol. The number of methoxy groups -OCH3 is 1. The van der Waals surface area contributed by atoms with Crippen LogP contribution in [0.2, 0.25) is 0 Å². The molecule has 0 spiro atoms. The molecule has 9 heteroatoms. The molecular formula is C23H24FN3O5. The Balaban J connectivity index is 1.72. The van der Waals surface area contributed by atoms with Crippen LogP contribution in [0.25, 0.3) is 6.08 Å². The minimum Gasteiger partial charge on any atom is -0.493 e. The van der Waals surface area contributed by atoms with Crippen molar-refractivity contribution in [3.8, 4) is 11.5 Å². The number of amides is 4. The topological polar surface area (TPSA) is 97.0 Å². The highest BCUT2D eigenvalue weighted by molar-refractivity contribution is 6.15. The number of hydrogen-bond donors (Lipinski definition) is 2. The van der Waals surface area contributed by atoms with Crippen molar-refractivity contribution in [2.75, 3.05) is 19.0 Å². The number of ether oxygens (including phenoxy) is 2. The van der Waals surface area contributed by atoms with Crippen molar-refractivity contribution in [1.82, 2.24) is 10.2 Å². The molecule has 168 valence electrons. The first kappa shape index (κ1) is 22.8. The third-order valence-electron chi connectivity index (χ3n) is 4.81. The van der Waals surface area contributed by atoms with Gasteiger partial charge < -0.3 is 20.1 Å². The van der Waals surface area contributed by atoms with Crippen molar-refractivity contribution >= 4 is 29.6 Å². The minimum atomic E-state index is -0.742. The number of rotatable bonds is 8. The van der Waals surface area contributed by atoms with Gasteiger partial charge in [0.15, 0.2) is 11.5 Å². The molecule has 4 amide bonds. The van der Waals surface area contributed by atoms with Gasteiger partial charge in [-0.2, -0.15) is 0 Å². The van der Waals surface area contributed by atoms with Gasteiger partial charge in [-0.05, 0) is 49.2 Å². The summed E-state index contributed by atoms with van der Waals surface area (Å²) in [6.07, 6.45) is 2.31. The average Bonchev–Trinajstić information content (AvgIpc) is 3.03. The van der Waals surface area contributed by atoms with E-state index in [0.29, 0.717) is 17.1 Å². The number of halogens is 1. The number of urea groups is 1. The summed E-state index contributed by atoms with van der Waals surface area (Å²) in [5.74, 6) is -0.936. The summed E-state index contributed by atoms with van der Waals surface area (Å²) in [7, 11) is 1.51. The Morgan fingerprint density at radius 3 is 2.66 bits per heavy atom. The Kier molecular flexibility index (Phi) is 7.09. The Morgan fingerprint density at radius 2 is 1.97 bits per heavy atom. The Labute approximate surface area is 185 Å². The summed E-state index contributed by atoms with van der Waals surface area (Å²) in [4.78, 5) is 37.8. The monoisotopic (exact) mass is 441 g/mol. The largest absolute Gasteiger partial charge is 0.493 e. The van der Waals surface area contributed by atoms with Gasteiger partial charge in [-0.3, -0.25) is 9.59 Å². The van der Waals surface area contributed by atoms with E-state index in [1.807, 2.05) is 13.8 Å². The summed E-state index contributed by atoms with van der Waals surface area (Å²) in [5, 5.41) is 4.80. The molecule has 2 aromatic carbocycles. The lowest BCUT2D eigenvalue weighted by Gasteiger charge is -2.15. The molecule has 2 N–H and O–H groups in total. The zero-order valence-corrected chi connectivity index (χ0v) is 18.0. The van der Waals surface area contributed by atoms with Crippen LogP contribution in [-0.2, 0) is 9.59 Å². The van der Waals surface area contributed by atoms with Crippen molar-refractivity contribution in [2.24, 2.45) is 0 Å². The molecule has 1 atom stereocenters. The molecule has 1 fully saturated rings. The molecule has 0 aliphatic carbocycles. The Hall–Kier alpha value is -3.88. The van der Waals surface area contributed by atoms with Gasteiger partial charge in [0, 0.05) is 0 Å². The van der Waals surface area contributed by atoms with Gasteiger partial charge in [-0.25, -0.2) is 14.1 Å². The van der Waals surface area contributed by atoms with Crippen molar-refractivity contribution < 1.29 is 28.2 Å². The van der Waals surface area contributed by atoms with Crippen molar-refractivity contribution in [3.63, 3.8) is 0 Å². The summed E-state index contributed by atoms with van der Waals surface area (Å²) < 4.78 is 24.9. The molecule has 0 bridgehead atoms. The number of hydrogen-bond acceptors (Lipinski definition) is 5. The number of anilines is 1. The molecule has 0 aromatic heterocycles. The van der Waals surface area contributed by atoms with Gasteiger partial charge in [0.05, 0.1) is 18.9 Å². The lowest BCUT2D eigenvalue weighted by atomic mass is 10.1. The lowest BCUT2D eigenvalue weighted by molar-refractivity contribution is -0.127. The molecule has 1 heterocycles. The van der Waals surface area contributed by atoms with Crippen LogP contribution in [0.4, 0.5) is 14.9 Å². The number of nitrogens with zero attached hydrogens (tertiary/aromatic N) is 1. The highest BCUT2D eigenvalue weighted by Crippen LogP contribution is 2.30. The van der Waals surface area contributed by atoms with Gasteiger partial charge in [0.25, 0.3) is 5.91 Å². The second-order valence-electron chi connectivity index (χ2n) is 7.15. The number of carbonyl (C=O) groups is 3. The van der Waals surface area contributed by atoms with Crippen molar-refractivity contribution in [1.29, 1.82) is 0 Å². The van der Waals surface area contributed by atoms with E-state index >= 15 is 0 Å². The number of carbonyl (C=O) groups excluding carboxylic acids is 3. The van der Waals surface area contributed by atoms with Crippen LogP contribution in [0.1, 0.15) is 25.8 Å². The van der Waals surface area contributed by atoms with Crippen LogP contribution < -0.4 is 20.1 Å². The van der Waals surface area contributed by atoms with E-state index in [-0.39, 0.29) is 17.5 Å². The maximum Gasteiger partial charge on any atom is 0.329 e. The zero-order chi connectivity index (χ0) is 23.3. The third-order valence-corrected chi connectivity index (χ3v) is 4.81. The number of benzene rings is 2. The van der Waals surface area contributed by atoms with E-state index in [9.17, 15) is 18.8 Å². The molecule has 0 saturated carbocycles. The fraction of sp³-hybridized carbons (Fsp3) is 0.261. The first-order chi connectivity index (χ1) is 15.3. The van der Waals surface area contributed by atoms with Crippen LogP contribution in [0, 0.1) is 5.82 Å². The Morgan fingerprint density at radius 1 is 1.22 bits per heavy atom. The fourth-order valence-electron chi connectivity index (χ4n) is 2.95. The molecule has 3 rings (SSSR count). The van der Waals surface area contributed by atoms with Crippen LogP contribution in [-0.4, -0.2) is 42.5 Å². The summed E-state index contributed by atoms with van der Waals surface area (Å²) in [6, 6.07) is 9.99. The van der Waals surface area contributed by atoms with Gasteiger partial charge >= 0.3 is 6.03 Å².